The van der Waals surface area contributed by atoms with Crippen LogP contribution in [0.15, 0.2) is 55.0 Å². The molecule has 2 N–H and O–H groups in total. The van der Waals surface area contributed by atoms with Crippen LogP contribution in [0.2, 0.25) is 0 Å². The number of hydrogen-bond acceptors (Lipinski definition) is 7. The van der Waals surface area contributed by atoms with Gasteiger partial charge in [0.05, 0.1) is 24.4 Å². The number of aromatic nitrogens is 4. The number of benzene rings is 1. The highest BCUT2D eigenvalue weighted by Gasteiger charge is 2.16. The number of aromatic amines is 1. The zero-order chi connectivity index (χ0) is 22.6. The van der Waals surface area contributed by atoms with E-state index in [1.807, 2.05) is 12.1 Å². The first kappa shape index (κ1) is 21.4. The van der Waals surface area contributed by atoms with Crippen LogP contribution in [-0.2, 0) is 6.54 Å². The van der Waals surface area contributed by atoms with E-state index in [1.165, 1.54) is 5.56 Å². The van der Waals surface area contributed by atoms with Crippen molar-refractivity contribution in [1.29, 1.82) is 0 Å². The lowest BCUT2D eigenvalue weighted by Gasteiger charge is -2.34. The van der Waals surface area contributed by atoms with Crippen LogP contribution in [0.5, 0.6) is 5.88 Å². The number of likely N-dealkylation sites (N-methyl/N-ethyl adjacent to an activating group) is 1. The molecule has 0 radical (unpaired) electrons. The zero-order valence-electron chi connectivity index (χ0n) is 19.1. The summed E-state index contributed by atoms with van der Waals surface area (Å²) in [4.78, 5) is 21.6. The highest BCUT2D eigenvalue weighted by Crippen LogP contribution is 2.29. The van der Waals surface area contributed by atoms with Crippen LogP contribution >= 0.6 is 0 Å². The zero-order valence-corrected chi connectivity index (χ0v) is 19.1. The summed E-state index contributed by atoms with van der Waals surface area (Å²) in [6.07, 6.45) is 3.28. The van der Waals surface area contributed by atoms with Crippen LogP contribution in [0.4, 0.5) is 11.5 Å². The number of anilines is 2. The molecule has 1 aliphatic rings. The maximum Gasteiger partial charge on any atom is 0.213 e. The molecule has 1 saturated heterocycles. The molecule has 0 aliphatic carbocycles. The van der Waals surface area contributed by atoms with Gasteiger partial charge in [-0.2, -0.15) is 0 Å². The van der Waals surface area contributed by atoms with Crippen LogP contribution in [0, 0.1) is 0 Å². The quantitative estimate of drug-likeness (QED) is 0.448. The van der Waals surface area contributed by atoms with Crippen LogP contribution in [0.1, 0.15) is 12.5 Å². The summed E-state index contributed by atoms with van der Waals surface area (Å²) in [5, 5.41) is 4.26. The first-order valence-electron chi connectivity index (χ1n) is 11.4. The summed E-state index contributed by atoms with van der Waals surface area (Å²) in [5.74, 6) is 1.31. The fourth-order valence-electron chi connectivity index (χ4n) is 4.22. The fraction of sp³-hybridized carbons (Fsp3) is 0.320. The van der Waals surface area contributed by atoms with E-state index in [2.05, 4.69) is 72.3 Å². The number of nitrogens with one attached hydrogen (secondary N) is 2. The van der Waals surface area contributed by atoms with Gasteiger partial charge >= 0.3 is 0 Å². The molecule has 4 aromatic rings. The summed E-state index contributed by atoms with van der Waals surface area (Å²) in [6, 6.07) is 14.6. The largest absolute Gasteiger partial charge is 0.481 e. The molecular weight excluding hydrogens is 414 g/mol. The number of ether oxygens (including phenoxy) is 1. The first-order valence-corrected chi connectivity index (χ1v) is 11.4. The van der Waals surface area contributed by atoms with Gasteiger partial charge < -0.3 is 19.9 Å². The van der Waals surface area contributed by atoms with Crippen molar-refractivity contribution in [2.24, 2.45) is 0 Å². The average Bonchev–Trinajstić information content (AvgIpc) is 3.31. The molecule has 8 nitrogen and oxygen atoms in total. The van der Waals surface area contributed by atoms with E-state index in [-0.39, 0.29) is 0 Å². The average molecular weight is 444 g/mol. The van der Waals surface area contributed by atoms with E-state index in [9.17, 15) is 0 Å². The minimum Gasteiger partial charge on any atom is -0.481 e. The van der Waals surface area contributed by atoms with Crippen molar-refractivity contribution < 1.29 is 4.74 Å². The number of rotatable bonds is 7. The van der Waals surface area contributed by atoms with Crippen molar-refractivity contribution in [3.8, 4) is 17.1 Å². The molecule has 4 heterocycles. The highest BCUT2D eigenvalue weighted by atomic mass is 16.5. The second kappa shape index (κ2) is 9.56. The molecule has 0 amide bonds. The molecular formula is C25H29N7O. The Morgan fingerprint density at radius 3 is 2.45 bits per heavy atom. The fourth-order valence-corrected chi connectivity index (χ4v) is 4.22. The molecule has 5 rings (SSSR count). The Bertz CT molecular complexity index is 1200. The van der Waals surface area contributed by atoms with Crippen molar-refractivity contribution >= 4 is 22.5 Å². The molecule has 0 saturated carbocycles. The van der Waals surface area contributed by atoms with Gasteiger partial charge in [-0.15, -0.1) is 0 Å². The summed E-state index contributed by atoms with van der Waals surface area (Å²) in [5.41, 5.74) is 5.12. The van der Waals surface area contributed by atoms with Crippen LogP contribution < -0.4 is 10.1 Å². The predicted molar refractivity (Wildman–Crippen MR) is 131 cm³/mol. The molecule has 1 aliphatic heterocycles. The standard InChI is InChI=1S/C25H29N7O/c1-3-31-10-12-32(13-11-31)16-18-4-6-19(7-5-18)22-14-21-24(27-17-28-25(21)30-22)29-20-8-9-23(33-2)26-15-20/h4-9,14-15,17H,3,10-13,16H2,1-2H3,(H2,27,28,29,30). The Balaban J connectivity index is 1.31. The van der Waals surface area contributed by atoms with Crippen molar-refractivity contribution in [2.45, 2.75) is 13.5 Å². The molecule has 8 heteroatoms. The van der Waals surface area contributed by atoms with Crippen molar-refractivity contribution in [3.63, 3.8) is 0 Å². The van der Waals surface area contributed by atoms with Gasteiger partial charge in [-0.3, -0.25) is 4.90 Å². The summed E-state index contributed by atoms with van der Waals surface area (Å²) < 4.78 is 5.13. The third-order valence-electron chi connectivity index (χ3n) is 6.22. The maximum atomic E-state index is 5.13. The normalized spacial score (nSPS) is 15.1. The van der Waals surface area contributed by atoms with E-state index >= 15 is 0 Å². The van der Waals surface area contributed by atoms with E-state index in [4.69, 9.17) is 4.74 Å². The number of methoxy groups -OCH3 is 1. The van der Waals surface area contributed by atoms with Crippen LogP contribution in [0.25, 0.3) is 22.3 Å². The van der Waals surface area contributed by atoms with E-state index in [0.29, 0.717) is 5.88 Å². The third kappa shape index (κ3) is 4.81. The van der Waals surface area contributed by atoms with Gasteiger partial charge in [0.25, 0.3) is 0 Å². The second-order valence-electron chi connectivity index (χ2n) is 8.29. The predicted octanol–water partition coefficient (Wildman–Crippen LogP) is 3.91. The Morgan fingerprint density at radius 2 is 1.76 bits per heavy atom. The third-order valence-corrected chi connectivity index (χ3v) is 6.22. The smallest absolute Gasteiger partial charge is 0.213 e. The van der Waals surface area contributed by atoms with Gasteiger partial charge in [0.15, 0.2) is 0 Å². The number of piperazine rings is 1. The number of pyridine rings is 1. The van der Waals surface area contributed by atoms with Crippen molar-refractivity contribution in [2.75, 3.05) is 45.2 Å². The SMILES string of the molecule is CCN1CCN(Cc2ccc(-c3cc4c(Nc5ccc(OC)nc5)ncnc4[nH]3)cc2)CC1. The lowest BCUT2D eigenvalue weighted by Crippen LogP contribution is -2.45. The molecule has 3 aromatic heterocycles. The monoisotopic (exact) mass is 443 g/mol. The topological polar surface area (TPSA) is 82.2 Å². The van der Waals surface area contributed by atoms with E-state index in [0.717, 1.165) is 73.1 Å². The summed E-state index contributed by atoms with van der Waals surface area (Å²) >= 11 is 0. The first-order chi connectivity index (χ1) is 16.2. The van der Waals surface area contributed by atoms with Crippen LogP contribution in [-0.4, -0.2) is 69.6 Å². The Hall–Kier alpha value is -3.49. The molecule has 0 spiro atoms. The van der Waals surface area contributed by atoms with Gasteiger partial charge in [0.1, 0.15) is 17.8 Å². The highest BCUT2D eigenvalue weighted by molar-refractivity contribution is 5.92. The van der Waals surface area contributed by atoms with Crippen molar-refractivity contribution in [1.82, 2.24) is 29.7 Å². The Kier molecular flexibility index (Phi) is 6.19. The minimum atomic E-state index is 0.573. The number of H-pyrrole nitrogens is 1. The number of fused-ring (bicyclic) bond motifs is 1. The van der Waals surface area contributed by atoms with E-state index < -0.39 is 0 Å². The Morgan fingerprint density at radius 1 is 0.970 bits per heavy atom. The molecule has 0 bridgehead atoms. The van der Waals surface area contributed by atoms with Gasteiger partial charge in [-0.1, -0.05) is 31.2 Å². The van der Waals surface area contributed by atoms with Crippen LogP contribution in [0.3, 0.4) is 0 Å². The maximum absolute atomic E-state index is 5.13. The second-order valence-corrected chi connectivity index (χ2v) is 8.29. The van der Waals surface area contributed by atoms with Gasteiger partial charge in [0.2, 0.25) is 5.88 Å². The lowest BCUT2D eigenvalue weighted by molar-refractivity contribution is 0.132. The molecule has 33 heavy (non-hydrogen) atoms. The molecule has 170 valence electrons. The van der Waals surface area contributed by atoms with Gasteiger partial charge in [-0.25, -0.2) is 15.0 Å². The van der Waals surface area contributed by atoms with Gasteiger partial charge in [0, 0.05) is 44.5 Å². The minimum absolute atomic E-state index is 0.573. The molecule has 1 aromatic carbocycles. The molecule has 0 unspecified atom stereocenters. The van der Waals surface area contributed by atoms with E-state index in [1.54, 1.807) is 19.6 Å². The Labute approximate surface area is 193 Å². The van der Waals surface area contributed by atoms with Crippen molar-refractivity contribution in [3.05, 3.63) is 60.6 Å². The van der Waals surface area contributed by atoms with Gasteiger partial charge in [-0.05, 0) is 29.8 Å². The summed E-state index contributed by atoms with van der Waals surface area (Å²) in [6.45, 7) is 8.97. The molecule has 1 fully saturated rings. The lowest BCUT2D eigenvalue weighted by atomic mass is 10.1. The summed E-state index contributed by atoms with van der Waals surface area (Å²) in [7, 11) is 1.60. The molecule has 0 atom stereocenters. The number of hydrogen-bond donors (Lipinski definition) is 2. The number of nitrogens with zero attached hydrogens (tertiary/aromatic N) is 5.